The lowest BCUT2D eigenvalue weighted by Gasteiger charge is -2.05. The van der Waals surface area contributed by atoms with Gasteiger partial charge in [-0.1, -0.05) is 22.0 Å². The molecular formula is C11H10BrFN2S. The summed E-state index contributed by atoms with van der Waals surface area (Å²) in [6.07, 6.45) is 1.84. The molecule has 2 rings (SSSR count). The Morgan fingerprint density at radius 3 is 2.94 bits per heavy atom. The van der Waals surface area contributed by atoms with Gasteiger partial charge in [0.25, 0.3) is 0 Å². The molecule has 1 N–H and O–H groups in total. The Morgan fingerprint density at radius 1 is 1.38 bits per heavy atom. The van der Waals surface area contributed by atoms with Gasteiger partial charge in [0.05, 0.1) is 5.51 Å². The summed E-state index contributed by atoms with van der Waals surface area (Å²) in [4.78, 5) is 5.19. The summed E-state index contributed by atoms with van der Waals surface area (Å²) in [5, 5.41) is 3.28. The van der Waals surface area contributed by atoms with Gasteiger partial charge in [0.15, 0.2) is 0 Å². The minimum Gasteiger partial charge on any atom is -0.308 e. The molecule has 0 aliphatic heterocycles. The first-order valence-corrected chi connectivity index (χ1v) is 6.45. The summed E-state index contributed by atoms with van der Waals surface area (Å²) in [6.45, 7) is 1.49. The van der Waals surface area contributed by atoms with Crippen LogP contribution in [0.15, 0.2) is 34.4 Å². The Morgan fingerprint density at radius 2 is 2.25 bits per heavy atom. The molecular weight excluding hydrogens is 291 g/mol. The molecule has 0 aliphatic carbocycles. The first-order chi connectivity index (χ1) is 7.75. The van der Waals surface area contributed by atoms with E-state index in [2.05, 4.69) is 26.2 Å². The third kappa shape index (κ3) is 3.10. The van der Waals surface area contributed by atoms with E-state index < -0.39 is 0 Å². The van der Waals surface area contributed by atoms with Gasteiger partial charge < -0.3 is 5.32 Å². The molecule has 0 saturated carbocycles. The highest BCUT2D eigenvalue weighted by Gasteiger charge is 2.01. The number of nitrogens with zero attached hydrogens (tertiary/aromatic N) is 1. The number of aromatic nitrogens is 1. The highest BCUT2D eigenvalue weighted by Crippen LogP contribution is 2.18. The summed E-state index contributed by atoms with van der Waals surface area (Å²) in [7, 11) is 0. The van der Waals surface area contributed by atoms with Crippen molar-refractivity contribution in [2.24, 2.45) is 0 Å². The summed E-state index contributed by atoms with van der Waals surface area (Å²) in [5.41, 5.74) is 2.86. The monoisotopic (exact) mass is 300 g/mol. The molecule has 1 aromatic heterocycles. The lowest BCUT2D eigenvalue weighted by atomic mass is 10.2. The maximum Gasteiger partial charge on any atom is 0.124 e. The second-order valence-corrected chi connectivity index (χ2v) is 5.13. The summed E-state index contributed by atoms with van der Waals surface area (Å²) >= 11 is 4.96. The van der Waals surface area contributed by atoms with Crippen molar-refractivity contribution in [3.63, 3.8) is 0 Å². The first kappa shape index (κ1) is 11.7. The maximum absolute atomic E-state index is 12.8. The van der Waals surface area contributed by atoms with E-state index in [1.54, 1.807) is 17.4 Å². The SMILES string of the molecule is Fc1ccc(CNCc2cncs2)c(Br)c1. The molecule has 0 amide bonds. The first-order valence-electron chi connectivity index (χ1n) is 4.78. The van der Waals surface area contributed by atoms with Crippen LogP contribution in [0.1, 0.15) is 10.4 Å². The fourth-order valence-corrected chi connectivity index (χ4v) is 2.37. The summed E-state index contributed by atoms with van der Waals surface area (Å²) in [5.74, 6) is -0.224. The summed E-state index contributed by atoms with van der Waals surface area (Å²) in [6, 6.07) is 4.72. The van der Waals surface area contributed by atoms with Crippen molar-refractivity contribution in [3.05, 3.63) is 50.6 Å². The molecule has 5 heteroatoms. The number of halogens is 2. The molecule has 0 radical (unpaired) electrons. The predicted octanol–water partition coefficient (Wildman–Crippen LogP) is 3.33. The minimum atomic E-state index is -0.224. The summed E-state index contributed by atoms with van der Waals surface area (Å²) < 4.78 is 13.6. The van der Waals surface area contributed by atoms with Crippen LogP contribution >= 0.6 is 27.3 Å². The average molecular weight is 301 g/mol. The molecule has 2 nitrogen and oxygen atoms in total. The van der Waals surface area contributed by atoms with Gasteiger partial charge in [-0.05, 0) is 17.7 Å². The van der Waals surface area contributed by atoms with E-state index in [0.717, 1.165) is 16.6 Å². The van der Waals surface area contributed by atoms with E-state index in [-0.39, 0.29) is 5.82 Å². The van der Waals surface area contributed by atoms with E-state index in [0.29, 0.717) is 6.54 Å². The quantitative estimate of drug-likeness (QED) is 0.937. The van der Waals surface area contributed by atoms with Gasteiger partial charge in [-0.25, -0.2) is 4.39 Å². The average Bonchev–Trinajstić information content (AvgIpc) is 2.74. The van der Waals surface area contributed by atoms with Crippen LogP contribution < -0.4 is 5.32 Å². The Bertz CT molecular complexity index is 459. The fraction of sp³-hybridized carbons (Fsp3) is 0.182. The molecule has 0 bridgehead atoms. The lowest BCUT2D eigenvalue weighted by Crippen LogP contribution is -2.12. The van der Waals surface area contributed by atoms with Crippen LogP contribution in [0.3, 0.4) is 0 Å². The standard InChI is InChI=1S/C11H10BrFN2S/c12-11-3-9(13)2-1-8(11)4-14-5-10-6-15-7-16-10/h1-3,6-7,14H,4-5H2. The number of thiazole rings is 1. The molecule has 0 saturated heterocycles. The third-order valence-corrected chi connectivity index (χ3v) is 3.63. The normalized spacial score (nSPS) is 10.6. The van der Waals surface area contributed by atoms with Crippen molar-refractivity contribution in [2.75, 3.05) is 0 Å². The largest absolute Gasteiger partial charge is 0.308 e. The zero-order chi connectivity index (χ0) is 11.4. The zero-order valence-electron chi connectivity index (χ0n) is 8.41. The van der Waals surface area contributed by atoms with Gasteiger partial charge in [0.1, 0.15) is 5.82 Å². The van der Waals surface area contributed by atoms with Gasteiger partial charge in [-0.15, -0.1) is 11.3 Å². The van der Waals surface area contributed by atoms with Gasteiger partial charge in [-0.3, -0.25) is 4.98 Å². The molecule has 0 fully saturated rings. The van der Waals surface area contributed by atoms with Crippen molar-refractivity contribution in [3.8, 4) is 0 Å². The molecule has 0 unspecified atom stereocenters. The van der Waals surface area contributed by atoms with Gasteiger partial charge in [0.2, 0.25) is 0 Å². The fourth-order valence-electron chi connectivity index (χ4n) is 1.31. The number of hydrogen-bond donors (Lipinski definition) is 1. The van der Waals surface area contributed by atoms with E-state index in [9.17, 15) is 4.39 Å². The van der Waals surface area contributed by atoms with Crippen molar-refractivity contribution >= 4 is 27.3 Å². The molecule has 16 heavy (non-hydrogen) atoms. The van der Waals surface area contributed by atoms with E-state index in [1.807, 2.05) is 11.7 Å². The topological polar surface area (TPSA) is 24.9 Å². The molecule has 84 valence electrons. The van der Waals surface area contributed by atoms with Crippen LogP contribution in [-0.2, 0) is 13.1 Å². The van der Waals surface area contributed by atoms with E-state index >= 15 is 0 Å². The van der Waals surface area contributed by atoms with Crippen molar-refractivity contribution in [1.29, 1.82) is 0 Å². The number of rotatable bonds is 4. The third-order valence-electron chi connectivity index (χ3n) is 2.11. The minimum absolute atomic E-state index is 0.224. The number of benzene rings is 1. The number of hydrogen-bond acceptors (Lipinski definition) is 3. The second kappa shape index (κ2) is 5.52. The van der Waals surface area contributed by atoms with Crippen LogP contribution in [0.25, 0.3) is 0 Å². The van der Waals surface area contributed by atoms with Crippen LogP contribution in [0, 0.1) is 5.82 Å². The molecule has 1 heterocycles. The van der Waals surface area contributed by atoms with Crippen molar-refractivity contribution in [2.45, 2.75) is 13.1 Å². The molecule has 0 aliphatic rings. The Labute approximate surface area is 106 Å². The van der Waals surface area contributed by atoms with Crippen molar-refractivity contribution < 1.29 is 4.39 Å². The van der Waals surface area contributed by atoms with Crippen molar-refractivity contribution in [1.82, 2.24) is 10.3 Å². The van der Waals surface area contributed by atoms with Crippen LogP contribution in [0.4, 0.5) is 4.39 Å². The van der Waals surface area contributed by atoms with E-state index in [4.69, 9.17) is 0 Å². The smallest absolute Gasteiger partial charge is 0.124 e. The maximum atomic E-state index is 12.8. The second-order valence-electron chi connectivity index (χ2n) is 3.31. The van der Waals surface area contributed by atoms with Crippen LogP contribution in [0.5, 0.6) is 0 Å². The molecule has 0 spiro atoms. The van der Waals surface area contributed by atoms with Gasteiger partial charge in [-0.2, -0.15) is 0 Å². The predicted molar refractivity (Wildman–Crippen MR) is 66.8 cm³/mol. The Hall–Kier alpha value is -0.780. The molecule has 1 aromatic carbocycles. The Kier molecular flexibility index (Phi) is 4.04. The van der Waals surface area contributed by atoms with Gasteiger partial charge >= 0.3 is 0 Å². The van der Waals surface area contributed by atoms with Crippen LogP contribution in [-0.4, -0.2) is 4.98 Å². The number of nitrogens with one attached hydrogen (secondary N) is 1. The van der Waals surface area contributed by atoms with Gasteiger partial charge in [0, 0.05) is 28.6 Å². The lowest BCUT2D eigenvalue weighted by molar-refractivity contribution is 0.623. The van der Waals surface area contributed by atoms with Crippen LogP contribution in [0.2, 0.25) is 0 Å². The van der Waals surface area contributed by atoms with E-state index in [1.165, 1.54) is 17.0 Å². The molecule has 2 aromatic rings. The highest BCUT2D eigenvalue weighted by molar-refractivity contribution is 9.10. The Balaban J connectivity index is 1.90. The highest BCUT2D eigenvalue weighted by atomic mass is 79.9. The molecule has 0 atom stereocenters. The zero-order valence-corrected chi connectivity index (χ0v) is 10.8.